The van der Waals surface area contributed by atoms with Crippen molar-refractivity contribution in [1.29, 1.82) is 0 Å². The van der Waals surface area contributed by atoms with Crippen molar-refractivity contribution in [3.63, 3.8) is 0 Å². The van der Waals surface area contributed by atoms with E-state index in [0.29, 0.717) is 6.54 Å². The number of hydrogen-bond acceptors (Lipinski definition) is 2. The molecule has 0 aliphatic heterocycles. The van der Waals surface area contributed by atoms with Gasteiger partial charge < -0.3 is 15.2 Å². The zero-order valence-electron chi connectivity index (χ0n) is 12.2. The Bertz CT molecular complexity index is 562. The molecule has 2 rings (SSSR count). The number of aromatic nitrogens is 1. The molecule has 0 fully saturated rings. The minimum Gasteiger partial charge on any atom is -0.356 e. The molecule has 20 heavy (non-hydrogen) atoms. The second-order valence-electron chi connectivity index (χ2n) is 5.17. The van der Waals surface area contributed by atoms with Gasteiger partial charge in [0.2, 0.25) is 5.91 Å². The summed E-state index contributed by atoms with van der Waals surface area (Å²) in [5.74, 6) is 0.143. The van der Waals surface area contributed by atoms with Crippen molar-refractivity contribution in [3.05, 3.63) is 36.5 Å². The van der Waals surface area contributed by atoms with E-state index in [-0.39, 0.29) is 11.8 Å². The van der Waals surface area contributed by atoms with Crippen molar-refractivity contribution in [2.45, 2.75) is 19.9 Å². The van der Waals surface area contributed by atoms with E-state index in [2.05, 4.69) is 51.7 Å². The van der Waals surface area contributed by atoms with Gasteiger partial charge in [0.1, 0.15) is 0 Å². The number of rotatable bonds is 7. The summed E-state index contributed by atoms with van der Waals surface area (Å²) in [5, 5.41) is 7.26. The number of hydrogen-bond donors (Lipinski definition) is 2. The van der Waals surface area contributed by atoms with E-state index in [0.717, 1.165) is 19.5 Å². The standard InChI is InChI=1S/C16H23N3O/c1-13(12-17-2)16(20)18-9-5-10-19-11-8-14-6-3-4-7-15(14)19/h3-4,6-8,11,13,17H,5,9-10,12H2,1-2H3,(H,18,20). The number of amides is 1. The number of para-hydroxylation sites is 1. The lowest BCUT2D eigenvalue weighted by Gasteiger charge is -2.12. The van der Waals surface area contributed by atoms with Gasteiger partial charge >= 0.3 is 0 Å². The van der Waals surface area contributed by atoms with Gasteiger partial charge in [-0.05, 0) is 31.0 Å². The van der Waals surface area contributed by atoms with Gasteiger partial charge in [0.15, 0.2) is 0 Å². The van der Waals surface area contributed by atoms with Crippen LogP contribution in [-0.4, -0.2) is 30.6 Å². The molecule has 0 bridgehead atoms. The lowest BCUT2D eigenvalue weighted by atomic mass is 10.1. The van der Waals surface area contributed by atoms with Crippen LogP contribution in [0, 0.1) is 5.92 Å². The van der Waals surface area contributed by atoms with Gasteiger partial charge in [-0.25, -0.2) is 0 Å². The summed E-state index contributed by atoms with van der Waals surface area (Å²) in [6, 6.07) is 10.5. The minimum absolute atomic E-state index is 0.0207. The van der Waals surface area contributed by atoms with E-state index < -0.39 is 0 Å². The Balaban J connectivity index is 1.77. The van der Waals surface area contributed by atoms with Gasteiger partial charge in [-0.15, -0.1) is 0 Å². The summed E-state index contributed by atoms with van der Waals surface area (Å²) in [5.41, 5.74) is 1.25. The quantitative estimate of drug-likeness (QED) is 0.758. The molecule has 2 aromatic rings. The van der Waals surface area contributed by atoms with Crippen LogP contribution < -0.4 is 10.6 Å². The molecule has 4 heteroatoms. The van der Waals surface area contributed by atoms with Crippen LogP contribution in [0.4, 0.5) is 0 Å². The van der Waals surface area contributed by atoms with Crippen LogP contribution >= 0.6 is 0 Å². The van der Waals surface area contributed by atoms with E-state index >= 15 is 0 Å². The van der Waals surface area contributed by atoms with Gasteiger partial charge in [-0.3, -0.25) is 4.79 Å². The summed E-state index contributed by atoms with van der Waals surface area (Å²) in [4.78, 5) is 11.7. The molecular weight excluding hydrogens is 250 g/mol. The van der Waals surface area contributed by atoms with Gasteiger partial charge in [0.25, 0.3) is 0 Å². The average Bonchev–Trinajstić information content (AvgIpc) is 2.87. The van der Waals surface area contributed by atoms with Gasteiger partial charge in [-0.2, -0.15) is 0 Å². The van der Waals surface area contributed by atoms with Crippen molar-refractivity contribution in [3.8, 4) is 0 Å². The maximum Gasteiger partial charge on any atom is 0.224 e. The SMILES string of the molecule is CNCC(C)C(=O)NCCCn1ccc2ccccc21. The Morgan fingerprint density at radius 2 is 2.10 bits per heavy atom. The largest absolute Gasteiger partial charge is 0.356 e. The molecule has 2 N–H and O–H groups in total. The molecular formula is C16H23N3O. The molecule has 108 valence electrons. The zero-order chi connectivity index (χ0) is 14.4. The van der Waals surface area contributed by atoms with E-state index in [4.69, 9.17) is 0 Å². The van der Waals surface area contributed by atoms with Gasteiger partial charge in [0.05, 0.1) is 0 Å². The fourth-order valence-electron chi connectivity index (χ4n) is 2.37. The topological polar surface area (TPSA) is 46.1 Å². The number of benzene rings is 1. The Kier molecular flexibility index (Phi) is 5.18. The van der Waals surface area contributed by atoms with Crippen molar-refractivity contribution in [2.24, 2.45) is 5.92 Å². The fraction of sp³-hybridized carbons (Fsp3) is 0.438. The van der Waals surface area contributed by atoms with Crippen LogP contribution in [0.5, 0.6) is 0 Å². The normalized spacial score (nSPS) is 12.5. The lowest BCUT2D eigenvalue weighted by Crippen LogP contribution is -2.35. The Morgan fingerprint density at radius 1 is 1.30 bits per heavy atom. The predicted octanol–water partition coefficient (Wildman–Crippen LogP) is 2.00. The van der Waals surface area contributed by atoms with Crippen molar-refractivity contribution >= 4 is 16.8 Å². The summed E-state index contributed by atoms with van der Waals surface area (Å²) in [6.45, 7) is 4.30. The number of fused-ring (bicyclic) bond motifs is 1. The molecule has 0 aliphatic carbocycles. The molecule has 1 aromatic carbocycles. The fourth-order valence-corrected chi connectivity index (χ4v) is 2.37. The first-order valence-corrected chi connectivity index (χ1v) is 7.18. The summed E-state index contributed by atoms with van der Waals surface area (Å²) in [6.07, 6.45) is 3.05. The smallest absolute Gasteiger partial charge is 0.224 e. The van der Waals surface area contributed by atoms with Crippen molar-refractivity contribution < 1.29 is 4.79 Å². The predicted molar refractivity (Wildman–Crippen MR) is 82.7 cm³/mol. The second-order valence-corrected chi connectivity index (χ2v) is 5.17. The molecule has 0 spiro atoms. The lowest BCUT2D eigenvalue weighted by molar-refractivity contribution is -0.124. The molecule has 0 saturated heterocycles. The minimum atomic E-state index is 0.0207. The highest BCUT2D eigenvalue weighted by Crippen LogP contribution is 2.15. The first kappa shape index (κ1) is 14.6. The monoisotopic (exact) mass is 273 g/mol. The molecule has 4 nitrogen and oxygen atoms in total. The number of nitrogens with one attached hydrogen (secondary N) is 2. The number of aryl methyl sites for hydroxylation is 1. The summed E-state index contributed by atoms with van der Waals surface area (Å²) >= 11 is 0. The highest BCUT2D eigenvalue weighted by atomic mass is 16.1. The molecule has 1 atom stereocenters. The third-order valence-corrected chi connectivity index (χ3v) is 3.51. The van der Waals surface area contributed by atoms with Gasteiger partial charge in [0, 0.05) is 37.3 Å². The van der Waals surface area contributed by atoms with Crippen LogP contribution in [0.25, 0.3) is 10.9 Å². The molecule has 0 radical (unpaired) electrons. The Hall–Kier alpha value is -1.81. The van der Waals surface area contributed by atoms with E-state index in [9.17, 15) is 4.79 Å². The third-order valence-electron chi connectivity index (χ3n) is 3.51. The number of carbonyl (C=O) groups excluding carboxylic acids is 1. The van der Waals surface area contributed by atoms with E-state index in [1.54, 1.807) is 0 Å². The molecule has 0 saturated carbocycles. The Morgan fingerprint density at radius 3 is 2.90 bits per heavy atom. The summed E-state index contributed by atoms with van der Waals surface area (Å²) < 4.78 is 2.23. The molecule has 1 heterocycles. The Labute approximate surface area is 120 Å². The molecule has 1 aromatic heterocycles. The average molecular weight is 273 g/mol. The van der Waals surface area contributed by atoms with Crippen molar-refractivity contribution in [2.75, 3.05) is 20.1 Å². The van der Waals surface area contributed by atoms with Crippen LogP contribution in [0.2, 0.25) is 0 Å². The highest BCUT2D eigenvalue weighted by Gasteiger charge is 2.10. The second kappa shape index (κ2) is 7.10. The van der Waals surface area contributed by atoms with Crippen molar-refractivity contribution in [1.82, 2.24) is 15.2 Å². The number of nitrogens with zero attached hydrogens (tertiary/aromatic N) is 1. The molecule has 1 unspecified atom stereocenters. The van der Waals surface area contributed by atoms with E-state index in [1.165, 1.54) is 10.9 Å². The van der Waals surface area contributed by atoms with Gasteiger partial charge in [-0.1, -0.05) is 25.1 Å². The third kappa shape index (κ3) is 3.61. The first-order valence-electron chi connectivity index (χ1n) is 7.18. The molecule has 1 amide bonds. The zero-order valence-corrected chi connectivity index (χ0v) is 12.2. The van der Waals surface area contributed by atoms with E-state index in [1.807, 2.05) is 14.0 Å². The first-order chi connectivity index (χ1) is 9.72. The highest BCUT2D eigenvalue weighted by molar-refractivity contribution is 5.80. The van der Waals surface area contributed by atoms with Crippen LogP contribution in [0.3, 0.4) is 0 Å². The van der Waals surface area contributed by atoms with Crippen LogP contribution in [-0.2, 0) is 11.3 Å². The maximum absolute atomic E-state index is 11.7. The summed E-state index contributed by atoms with van der Waals surface area (Å²) in [7, 11) is 1.86. The molecule has 0 aliphatic rings. The maximum atomic E-state index is 11.7. The van der Waals surface area contributed by atoms with Crippen LogP contribution in [0.15, 0.2) is 36.5 Å². The number of carbonyl (C=O) groups is 1. The van der Waals surface area contributed by atoms with Crippen LogP contribution in [0.1, 0.15) is 13.3 Å².